The van der Waals surface area contributed by atoms with Crippen molar-refractivity contribution in [1.82, 2.24) is 20.2 Å². The van der Waals surface area contributed by atoms with Crippen LogP contribution < -0.4 is 5.73 Å². The molecule has 2 aromatic rings. The summed E-state index contributed by atoms with van der Waals surface area (Å²) < 4.78 is 6.79. The molecule has 0 atom stereocenters. The summed E-state index contributed by atoms with van der Waals surface area (Å²) in [6, 6.07) is 5.84. The minimum Gasteiger partial charge on any atom is -0.398 e. The molecule has 0 bridgehead atoms. The standard InChI is InChI=1S/C12H17N5O/c1-9-4-5-10(8-11(9)13)12-14-15-16-17(12)6-3-7-18-2/h4-5,8H,3,6-7,13H2,1-2H3. The summed E-state index contributed by atoms with van der Waals surface area (Å²) in [5.74, 6) is 0.734. The van der Waals surface area contributed by atoms with Gasteiger partial charge in [-0.15, -0.1) is 5.10 Å². The van der Waals surface area contributed by atoms with E-state index in [4.69, 9.17) is 10.5 Å². The quantitative estimate of drug-likeness (QED) is 0.635. The van der Waals surface area contributed by atoms with Crippen molar-refractivity contribution in [3.8, 4) is 11.4 Å². The average Bonchev–Trinajstić information content (AvgIpc) is 2.81. The Kier molecular flexibility index (Phi) is 3.88. The van der Waals surface area contributed by atoms with Crippen LogP contribution in [0, 0.1) is 6.92 Å². The van der Waals surface area contributed by atoms with Crippen molar-refractivity contribution >= 4 is 5.69 Å². The normalized spacial score (nSPS) is 10.8. The Morgan fingerprint density at radius 3 is 2.94 bits per heavy atom. The molecule has 2 rings (SSSR count). The van der Waals surface area contributed by atoms with E-state index in [1.165, 1.54) is 0 Å². The van der Waals surface area contributed by atoms with E-state index in [1.807, 2.05) is 25.1 Å². The zero-order chi connectivity index (χ0) is 13.0. The highest BCUT2D eigenvalue weighted by Crippen LogP contribution is 2.21. The first-order valence-corrected chi connectivity index (χ1v) is 5.84. The number of aryl methyl sites for hydroxylation is 2. The van der Waals surface area contributed by atoms with Crippen LogP contribution in [0.5, 0.6) is 0 Å². The Balaban J connectivity index is 2.22. The molecule has 6 heteroatoms. The second-order valence-corrected chi connectivity index (χ2v) is 4.14. The highest BCUT2D eigenvalue weighted by Gasteiger charge is 2.09. The van der Waals surface area contributed by atoms with Gasteiger partial charge in [-0.1, -0.05) is 12.1 Å². The molecule has 0 unspecified atom stereocenters. The third kappa shape index (κ3) is 2.65. The molecule has 1 heterocycles. The van der Waals surface area contributed by atoms with E-state index in [-0.39, 0.29) is 0 Å². The molecule has 2 N–H and O–H groups in total. The summed E-state index contributed by atoms with van der Waals surface area (Å²) in [6.45, 7) is 3.39. The average molecular weight is 247 g/mol. The number of anilines is 1. The van der Waals surface area contributed by atoms with Gasteiger partial charge >= 0.3 is 0 Å². The monoisotopic (exact) mass is 247 g/mol. The van der Waals surface area contributed by atoms with Crippen LogP contribution in [0.3, 0.4) is 0 Å². The first-order valence-electron chi connectivity index (χ1n) is 5.84. The number of nitrogen functional groups attached to an aromatic ring is 1. The molecule has 0 saturated heterocycles. The van der Waals surface area contributed by atoms with Gasteiger partial charge in [0, 0.05) is 31.5 Å². The molecular formula is C12H17N5O. The fraction of sp³-hybridized carbons (Fsp3) is 0.417. The van der Waals surface area contributed by atoms with Crippen molar-refractivity contribution in [3.05, 3.63) is 23.8 Å². The van der Waals surface area contributed by atoms with Gasteiger partial charge in [-0.25, -0.2) is 4.68 Å². The first kappa shape index (κ1) is 12.5. The lowest BCUT2D eigenvalue weighted by Crippen LogP contribution is -2.05. The highest BCUT2D eigenvalue weighted by atomic mass is 16.5. The van der Waals surface area contributed by atoms with Crippen molar-refractivity contribution in [1.29, 1.82) is 0 Å². The fourth-order valence-electron chi connectivity index (χ4n) is 1.70. The third-order valence-electron chi connectivity index (χ3n) is 2.79. The number of nitrogens with two attached hydrogens (primary N) is 1. The molecule has 0 fully saturated rings. The predicted octanol–water partition coefficient (Wildman–Crippen LogP) is 1.27. The Labute approximate surface area is 106 Å². The zero-order valence-corrected chi connectivity index (χ0v) is 10.6. The van der Waals surface area contributed by atoms with E-state index in [2.05, 4.69) is 15.5 Å². The van der Waals surface area contributed by atoms with Gasteiger partial charge in [0.2, 0.25) is 0 Å². The van der Waals surface area contributed by atoms with Crippen molar-refractivity contribution < 1.29 is 4.74 Å². The van der Waals surface area contributed by atoms with Gasteiger partial charge in [0.1, 0.15) is 0 Å². The van der Waals surface area contributed by atoms with E-state index in [1.54, 1.807) is 11.8 Å². The topological polar surface area (TPSA) is 78.8 Å². The summed E-state index contributed by atoms with van der Waals surface area (Å²) in [5, 5.41) is 11.7. The Bertz CT molecular complexity index is 523. The molecule has 0 aliphatic rings. The van der Waals surface area contributed by atoms with Crippen LogP contribution in [-0.2, 0) is 11.3 Å². The number of methoxy groups -OCH3 is 1. The summed E-state index contributed by atoms with van der Waals surface area (Å²) in [5.41, 5.74) is 8.63. The molecular weight excluding hydrogens is 230 g/mol. The molecule has 0 radical (unpaired) electrons. The molecule has 0 amide bonds. The molecule has 1 aromatic heterocycles. The van der Waals surface area contributed by atoms with Crippen LogP contribution in [0.15, 0.2) is 18.2 Å². The van der Waals surface area contributed by atoms with Crippen molar-refractivity contribution in [2.24, 2.45) is 0 Å². The van der Waals surface area contributed by atoms with Gasteiger partial charge in [-0.05, 0) is 35.4 Å². The van der Waals surface area contributed by atoms with Crippen LogP contribution in [0.25, 0.3) is 11.4 Å². The summed E-state index contributed by atoms with van der Waals surface area (Å²) >= 11 is 0. The molecule has 0 spiro atoms. The number of nitrogens with zero attached hydrogens (tertiary/aromatic N) is 4. The highest BCUT2D eigenvalue weighted by molar-refractivity contribution is 5.63. The summed E-state index contributed by atoms with van der Waals surface area (Å²) in [6.07, 6.45) is 0.871. The maximum Gasteiger partial charge on any atom is 0.182 e. The molecule has 0 saturated carbocycles. The van der Waals surface area contributed by atoms with Crippen LogP contribution in [0.4, 0.5) is 5.69 Å². The van der Waals surface area contributed by atoms with Crippen LogP contribution >= 0.6 is 0 Å². The molecule has 0 aliphatic heterocycles. The minimum atomic E-state index is 0.690. The van der Waals surface area contributed by atoms with Crippen molar-refractivity contribution in [2.45, 2.75) is 19.9 Å². The number of ether oxygens (including phenoxy) is 1. The Morgan fingerprint density at radius 1 is 1.39 bits per heavy atom. The van der Waals surface area contributed by atoms with E-state index in [9.17, 15) is 0 Å². The van der Waals surface area contributed by atoms with Gasteiger partial charge < -0.3 is 10.5 Å². The molecule has 6 nitrogen and oxygen atoms in total. The van der Waals surface area contributed by atoms with E-state index >= 15 is 0 Å². The summed E-state index contributed by atoms with van der Waals surface area (Å²) in [7, 11) is 1.68. The maximum atomic E-state index is 5.90. The van der Waals surface area contributed by atoms with Gasteiger partial charge in [0.05, 0.1) is 0 Å². The molecule has 18 heavy (non-hydrogen) atoms. The smallest absolute Gasteiger partial charge is 0.182 e. The number of tetrazole rings is 1. The van der Waals surface area contributed by atoms with E-state index in [0.29, 0.717) is 6.61 Å². The lowest BCUT2D eigenvalue weighted by Gasteiger charge is -2.06. The molecule has 0 aliphatic carbocycles. The van der Waals surface area contributed by atoms with Gasteiger partial charge in [0.25, 0.3) is 0 Å². The molecule has 1 aromatic carbocycles. The number of benzene rings is 1. The zero-order valence-electron chi connectivity index (χ0n) is 10.6. The number of aromatic nitrogens is 4. The van der Waals surface area contributed by atoms with Crippen molar-refractivity contribution in [2.75, 3.05) is 19.5 Å². The maximum absolute atomic E-state index is 5.90. The number of rotatable bonds is 5. The van der Waals surface area contributed by atoms with E-state index < -0.39 is 0 Å². The lowest BCUT2D eigenvalue weighted by molar-refractivity contribution is 0.189. The van der Waals surface area contributed by atoms with Crippen molar-refractivity contribution in [3.63, 3.8) is 0 Å². The third-order valence-corrected chi connectivity index (χ3v) is 2.79. The van der Waals surface area contributed by atoms with Crippen LogP contribution in [0.1, 0.15) is 12.0 Å². The second-order valence-electron chi connectivity index (χ2n) is 4.14. The Hall–Kier alpha value is -1.95. The predicted molar refractivity (Wildman–Crippen MR) is 68.9 cm³/mol. The minimum absolute atomic E-state index is 0.690. The number of hydrogen-bond acceptors (Lipinski definition) is 5. The molecule has 96 valence electrons. The largest absolute Gasteiger partial charge is 0.398 e. The number of hydrogen-bond donors (Lipinski definition) is 1. The van der Waals surface area contributed by atoms with Gasteiger partial charge in [-0.3, -0.25) is 0 Å². The van der Waals surface area contributed by atoms with Gasteiger partial charge in [0.15, 0.2) is 5.82 Å². The van der Waals surface area contributed by atoms with Gasteiger partial charge in [-0.2, -0.15) is 0 Å². The Morgan fingerprint density at radius 2 is 2.22 bits per heavy atom. The fourth-order valence-corrected chi connectivity index (χ4v) is 1.70. The van der Waals surface area contributed by atoms with Crippen LogP contribution in [0.2, 0.25) is 0 Å². The lowest BCUT2D eigenvalue weighted by atomic mass is 10.1. The SMILES string of the molecule is COCCCn1nnnc1-c1ccc(C)c(N)c1. The van der Waals surface area contributed by atoms with Crippen LogP contribution in [-0.4, -0.2) is 33.9 Å². The van der Waals surface area contributed by atoms with E-state index in [0.717, 1.165) is 35.6 Å². The second kappa shape index (κ2) is 5.59. The summed E-state index contributed by atoms with van der Waals surface area (Å²) in [4.78, 5) is 0. The first-order chi connectivity index (χ1) is 8.72.